The molecule has 10 rings (SSSR count). The molecule has 0 saturated heterocycles. The first-order valence-corrected chi connectivity index (χ1v) is 18.3. The summed E-state index contributed by atoms with van der Waals surface area (Å²) in [6.07, 6.45) is 0.908. The molecule has 0 atom stereocenters. The third kappa shape index (κ3) is 4.88. The Morgan fingerprint density at radius 1 is 0.412 bits per heavy atom. The molecule has 2 heterocycles. The lowest BCUT2D eigenvalue weighted by Crippen LogP contribution is -2.38. The Morgan fingerprint density at radius 2 is 0.922 bits per heavy atom. The Balaban J connectivity index is 1.17. The van der Waals surface area contributed by atoms with E-state index >= 15 is 0 Å². The maximum absolute atomic E-state index is 5.10. The molecule has 1 aliphatic carbocycles. The summed E-state index contributed by atoms with van der Waals surface area (Å²) < 4.78 is 0. The zero-order valence-electron chi connectivity index (χ0n) is 27.8. The first-order valence-electron chi connectivity index (χ1n) is 17.5. The summed E-state index contributed by atoms with van der Waals surface area (Å²) in [7, 11) is 0. The predicted octanol–water partition coefficient (Wildman–Crippen LogP) is 12.2. The highest BCUT2D eigenvalue weighted by atomic mass is 32.2. The van der Waals surface area contributed by atoms with Crippen LogP contribution in [0.2, 0.25) is 0 Å². The van der Waals surface area contributed by atoms with Gasteiger partial charge in [0.05, 0.1) is 16.8 Å². The number of aromatic nitrogens is 2. The van der Waals surface area contributed by atoms with E-state index in [0.29, 0.717) is 0 Å². The summed E-state index contributed by atoms with van der Waals surface area (Å²) in [5.41, 5.74) is 15.3. The Labute approximate surface area is 302 Å². The SMILES string of the molecule is c1ccc(-c2cc(-c3ccc(-c4cccc5c4C4(Cc6ccccc6-5)c5ccccc5Sc5ccccc54)cc3)nc(-c3ccccc3)n2)cc1. The van der Waals surface area contributed by atoms with Crippen molar-refractivity contribution < 1.29 is 0 Å². The average molecular weight is 669 g/mol. The van der Waals surface area contributed by atoms with Gasteiger partial charge >= 0.3 is 0 Å². The number of hydrogen-bond acceptors (Lipinski definition) is 3. The van der Waals surface area contributed by atoms with Gasteiger partial charge in [0.25, 0.3) is 0 Å². The number of fused-ring (bicyclic) bond motifs is 8. The van der Waals surface area contributed by atoms with E-state index in [1.807, 2.05) is 36.0 Å². The monoisotopic (exact) mass is 668 g/mol. The van der Waals surface area contributed by atoms with Crippen LogP contribution in [0.15, 0.2) is 192 Å². The van der Waals surface area contributed by atoms with Gasteiger partial charge in [-0.1, -0.05) is 176 Å². The molecule has 0 amide bonds. The molecule has 0 bridgehead atoms. The van der Waals surface area contributed by atoms with Gasteiger partial charge in [-0.15, -0.1) is 0 Å². The van der Waals surface area contributed by atoms with Crippen LogP contribution in [0.1, 0.15) is 22.3 Å². The Bertz CT molecular complexity index is 2470. The van der Waals surface area contributed by atoms with Crippen LogP contribution in [0.25, 0.3) is 56.2 Å². The van der Waals surface area contributed by atoms with Crippen LogP contribution in [-0.2, 0) is 11.8 Å². The lowest BCUT2D eigenvalue weighted by Gasteiger charge is -2.46. The molecule has 2 nitrogen and oxygen atoms in total. The predicted molar refractivity (Wildman–Crippen MR) is 210 cm³/mol. The lowest BCUT2D eigenvalue weighted by atomic mass is 9.59. The van der Waals surface area contributed by atoms with Gasteiger partial charge in [-0.25, -0.2) is 9.97 Å². The standard InChI is InChI=1S/C48H32N2S/c1-3-14-33(15-4-1)42-30-43(50-47(49-42)35-16-5-2-6-17-35)34-28-26-32(27-29-34)38-20-13-21-39-37-19-8-7-18-36(37)31-48(46(38)39)40-22-9-11-24-44(40)51-45-25-12-10-23-41(45)48/h1-30H,31H2. The number of benzene rings is 7. The van der Waals surface area contributed by atoms with E-state index in [4.69, 9.17) is 9.97 Å². The van der Waals surface area contributed by atoms with Crippen molar-refractivity contribution in [1.82, 2.24) is 9.97 Å². The van der Waals surface area contributed by atoms with Crippen LogP contribution in [0.4, 0.5) is 0 Å². The van der Waals surface area contributed by atoms with Crippen molar-refractivity contribution in [3.8, 4) is 56.2 Å². The quantitative estimate of drug-likeness (QED) is 0.187. The highest BCUT2D eigenvalue weighted by Gasteiger charge is 2.47. The first-order chi connectivity index (χ1) is 25.3. The van der Waals surface area contributed by atoms with Crippen molar-refractivity contribution in [3.05, 3.63) is 204 Å². The van der Waals surface area contributed by atoms with Gasteiger partial charge in [0.2, 0.25) is 0 Å². The average Bonchev–Trinajstić information content (AvgIpc) is 3.21. The normalized spacial score (nSPS) is 13.5. The fraction of sp³-hybridized carbons (Fsp3) is 0.0417. The lowest BCUT2D eigenvalue weighted by molar-refractivity contribution is 0.580. The molecule has 240 valence electrons. The van der Waals surface area contributed by atoms with Crippen LogP contribution in [-0.4, -0.2) is 9.97 Å². The van der Waals surface area contributed by atoms with Crippen molar-refractivity contribution in [2.45, 2.75) is 21.6 Å². The molecule has 0 fully saturated rings. The van der Waals surface area contributed by atoms with E-state index < -0.39 is 0 Å². The Kier molecular flexibility index (Phi) is 7.07. The van der Waals surface area contributed by atoms with Crippen molar-refractivity contribution in [2.75, 3.05) is 0 Å². The van der Waals surface area contributed by atoms with Crippen LogP contribution >= 0.6 is 11.8 Å². The molecule has 51 heavy (non-hydrogen) atoms. The van der Waals surface area contributed by atoms with Crippen molar-refractivity contribution in [1.29, 1.82) is 0 Å². The Morgan fingerprint density at radius 3 is 1.61 bits per heavy atom. The first kappa shape index (κ1) is 29.8. The molecule has 1 aromatic heterocycles. The zero-order chi connectivity index (χ0) is 33.8. The number of nitrogens with zero attached hydrogens (tertiary/aromatic N) is 2. The molecule has 0 saturated carbocycles. The molecular weight excluding hydrogens is 637 g/mol. The van der Waals surface area contributed by atoms with Crippen molar-refractivity contribution in [2.24, 2.45) is 0 Å². The topological polar surface area (TPSA) is 25.8 Å². The van der Waals surface area contributed by atoms with E-state index in [2.05, 4.69) is 158 Å². The zero-order valence-corrected chi connectivity index (χ0v) is 28.6. The molecule has 3 heteroatoms. The third-order valence-electron chi connectivity index (χ3n) is 10.5. The fourth-order valence-electron chi connectivity index (χ4n) is 8.22. The maximum atomic E-state index is 5.10. The van der Waals surface area contributed by atoms with E-state index in [-0.39, 0.29) is 5.41 Å². The highest BCUT2D eigenvalue weighted by molar-refractivity contribution is 7.99. The Hall–Kier alpha value is -6.03. The second-order valence-electron chi connectivity index (χ2n) is 13.3. The molecule has 0 unspecified atom stereocenters. The maximum Gasteiger partial charge on any atom is 0.160 e. The largest absolute Gasteiger partial charge is 0.228 e. The van der Waals surface area contributed by atoms with Gasteiger partial charge in [0, 0.05) is 26.5 Å². The van der Waals surface area contributed by atoms with Gasteiger partial charge < -0.3 is 0 Å². The minimum atomic E-state index is -0.334. The summed E-state index contributed by atoms with van der Waals surface area (Å²) in [5, 5.41) is 0. The van der Waals surface area contributed by atoms with Gasteiger partial charge in [-0.3, -0.25) is 0 Å². The van der Waals surface area contributed by atoms with Crippen LogP contribution in [0.5, 0.6) is 0 Å². The molecule has 8 aromatic rings. The molecular formula is C48H32N2S. The summed E-state index contributed by atoms with van der Waals surface area (Å²) in [6, 6.07) is 65.7. The smallest absolute Gasteiger partial charge is 0.160 e. The second kappa shape index (κ2) is 12.1. The molecule has 2 aliphatic rings. The van der Waals surface area contributed by atoms with E-state index in [1.165, 1.54) is 54.3 Å². The summed E-state index contributed by atoms with van der Waals surface area (Å²) in [5.74, 6) is 0.723. The van der Waals surface area contributed by atoms with Gasteiger partial charge in [-0.2, -0.15) is 0 Å². The van der Waals surface area contributed by atoms with Crippen LogP contribution in [0, 0.1) is 0 Å². The summed E-state index contributed by atoms with van der Waals surface area (Å²) in [6.45, 7) is 0. The van der Waals surface area contributed by atoms with Crippen LogP contribution < -0.4 is 0 Å². The van der Waals surface area contributed by atoms with E-state index in [0.717, 1.165) is 40.3 Å². The van der Waals surface area contributed by atoms with Crippen molar-refractivity contribution in [3.63, 3.8) is 0 Å². The van der Waals surface area contributed by atoms with E-state index in [1.54, 1.807) is 0 Å². The fourth-order valence-corrected chi connectivity index (χ4v) is 9.45. The minimum Gasteiger partial charge on any atom is -0.228 e. The number of hydrogen-bond donors (Lipinski definition) is 0. The highest BCUT2D eigenvalue weighted by Crippen LogP contribution is 2.59. The van der Waals surface area contributed by atoms with Crippen LogP contribution in [0.3, 0.4) is 0 Å². The molecule has 7 aromatic carbocycles. The van der Waals surface area contributed by atoms with E-state index in [9.17, 15) is 0 Å². The van der Waals surface area contributed by atoms with Gasteiger partial charge in [-0.05, 0) is 69.1 Å². The van der Waals surface area contributed by atoms with Gasteiger partial charge in [0.1, 0.15) is 0 Å². The van der Waals surface area contributed by atoms with Gasteiger partial charge in [0.15, 0.2) is 5.82 Å². The molecule has 0 N–H and O–H groups in total. The summed E-state index contributed by atoms with van der Waals surface area (Å²) >= 11 is 1.89. The number of rotatable bonds is 4. The summed E-state index contributed by atoms with van der Waals surface area (Å²) in [4.78, 5) is 12.8. The molecule has 1 aliphatic heterocycles. The van der Waals surface area contributed by atoms with Crippen molar-refractivity contribution >= 4 is 11.8 Å². The third-order valence-corrected chi connectivity index (χ3v) is 11.6. The minimum absolute atomic E-state index is 0.334. The molecule has 1 spiro atoms. The second-order valence-corrected chi connectivity index (χ2v) is 14.4. The molecule has 0 radical (unpaired) electrons.